The van der Waals surface area contributed by atoms with Gasteiger partial charge in [0, 0.05) is 28.7 Å². The Morgan fingerprint density at radius 1 is 0.660 bits per heavy atom. The minimum absolute atomic E-state index is 0.183. The van der Waals surface area contributed by atoms with Crippen LogP contribution in [0.5, 0.6) is 11.5 Å². The van der Waals surface area contributed by atoms with Crippen molar-refractivity contribution in [2.75, 3.05) is 0 Å². The molecule has 3 aromatic heterocycles. The molecule has 9 rings (SSSR count). The van der Waals surface area contributed by atoms with Gasteiger partial charge in [-0.3, -0.25) is 9.97 Å². The molecule has 6 aromatic carbocycles. The Kier molecular flexibility index (Phi) is 7.12. The Bertz CT molecular complexity index is 2580. The fourth-order valence-electron chi connectivity index (χ4n) is 6.18. The van der Waals surface area contributed by atoms with Crippen LogP contribution in [0.2, 0.25) is 0 Å². The summed E-state index contributed by atoms with van der Waals surface area (Å²) >= 11 is 5.37. The van der Waals surface area contributed by atoms with Crippen molar-refractivity contribution >= 4 is 66.3 Å². The van der Waals surface area contributed by atoms with Gasteiger partial charge in [-0.25, -0.2) is 4.98 Å². The lowest BCUT2D eigenvalue weighted by molar-refractivity contribution is 0.480. The van der Waals surface area contributed by atoms with E-state index >= 15 is 0 Å². The van der Waals surface area contributed by atoms with Crippen LogP contribution in [-0.2, 0) is 0 Å². The second kappa shape index (κ2) is 11.7. The molecule has 0 saturated carbocycles. The summed E-state index contributed by atoms with van der Waals surface area (Å²) < 4.78 is 10.8. The molecule has 7 heteroatoms. The minimum Gasteiger partial charge on any atom is -0.506 e. The smallest absolute Gasteiger partial charge is 0.227 e. The number of halogens is 1. The number of rotatable bonds is 3. The molecule has 0 aliphatic carbocycles. The van der Waals surface area contributed by atoms with Crippen LogP contribution < -0.4 is 4.29 Å². The quantitative estimate of drug-likeness (QED) is 0.195. The average molecular weight is 632 g/mol. The van der Waals surface area contributed by atoms with Crippen LogP contribution in [0.25, 0.3) is 77.0 Å². The van der Waals surface area contributed by atoms with Crippen molar-refractivity contribution in [2.45, 2.75) is 6.92 Å². The fraction of sp³-hybridized carbons (Fsp3) is 0.0250. The Balaban J connectivity index is 0.000000209. The zero-order valence-electron chi connectivity index (χ0n) is 25.2. The molecule has 0 amide bonds. The molecular formula is C40H26ClN3O3. The number of phenols is 1. The number of aromatic hydroxyl groups is 1. The van der Waals surface area contributed by atoms with E-state index in [0.717, 1.165) is 71.2 Å². The third kappa shape index (κ3) is 5.05. The van der Waals surface area contributed by atoms with E-state index in [2.05, 4.69) is 63.5 Å². The first-order valence-electron chi connectivity index (χ1n) is 15.1. The van der Waals surface area contributed by atoms with E-state index in [-0.39, 0.29) is 5.75 Å². The van der Waals surface area contributed by atoms with Crippen LogP contribution in [0.4, 0.5) is 0 Å². The van der Waals surface area contributed by atoms with Gasteiger partial charge in [-0.05, 0) is 99.8 Å². The number of benzene rings is 6. The fourth-order valence-corrected chi connectivity index (χ4v) is 6.38. The number of hydrogen-bond donors (Lipinski definition) is 1. The Hall–Kier alpha value is -5.98. The lowest BCUT2D eigenvalue weighted by Crippen LogP contribution is -1.89. The van der Waals surface area contributed by atoms with Gasteiger partial charge < -0.3 is 13.8 Å². The molecule has 0 unspecified atom stereocenters. The molecular weight excluding hydrogens is 606 g/mol. The van der Waals surface area contributed by atoms with E-state index in [1.54, 1.807) is 18.5 Å². The van der Waals surface area contributed by atoms with Gasteiger partial charge >= 0.3 is 0 Å². The molecule has 0 radical (unpaired) electrons. The number of para-hydroxylation sites is 2. The van der Waals surface area contributed by atoms with Crippen molar-refractivity contribution in [1.29, 1.82) is 0 Å². The predicted octanol–water partition coefficient (Wildman–Crippen LogP) is 10.8. The molecule has 6 nitrogen and oxygen atoms in total. The van der Waals surface area contributed by atoms with Crippen LogP contribution in [0.15, 0.2) is 138 Å². The number of aromatic nitrogens is 3. The van der Waals surface area contributed by atoms with E-state index in [4.69, 9.17) is 20.6 Å². The highest BCUT2D eigenvalue weighted by Crippen LogP contribution is 2.42. The van der Waals surface area contributed by atoms with Crippen molar-refractivity contribution in [3.63, 3.8) is 0 Å². The average Bonchev–Trinajstić information content (AvgIpc) is 3.56. The van der Waals surface area contributed by atoms with E-state index in [1.165, 1.54) is 0 Å². The second-order valence-corrected chi connectivity index (χ2v) is 11.4. The summed E-state index contributed by atoms with van der Waals surface area (Å²) in [5, 5.41) is 16.9. The minimum atomic E-state index is 0.183. The van der Waals surface area contributed by atoms with Crippen molar-refractivity contribution in [3.05, 3.63) is 139 Å². The molecule has 0 saturated heterocycles. The first kappa shape index (κ1) is 28.5. The first-order valence-corrected chi connectivity index (χ1v) is 15.4. The third-order valence-corrected chi connectivity index (χ3v) is 8.58. The molecule has 3 heterocycles. The van der Waals surface area contributed by atoms with Crippen LogP contribution in [0.3, 0.4) is 0 Å². The monoisotopic (exact) mass is 631 g/mol. The number of phenolic OH excluding ortho intramolecular Hbond substituents is 1. The van der Waals surface area contributed by atoms with Gasteiger partial charge in [0.1, 0.15) is 34.2 Å². The number of fused-ring (bicyclic) bond motifs is 5. The highest BCUT2D eigenvalue weighted by Gasteiger charge is 2.16. The molecule has 226 valence electrons. The van der Waals surface area contributed by atoms with Gasteiger partial charge in [0.05, 0.1) is 0 Å². The maximum Gasteiger partial charge on any atom is 0.227 e. The van der Waals surface area contributed by atoms with Gasteiger partial charge in [-0.2, -0.15) is 0 Å². The number of oxazole rings is 1. The molecule has 47 heavy (non-hydrogen) atoms. The summed E-state index contributed by atoms with van der Waals surface area (Å²) in [6.07, 6.45) is 3.43. The van der Waals surface area contributed by atoms with Gasteiger partial charge in [0.2, 0.25) is 5.89 Å². The standard InChI is InChI=1S/C30H18N2O2.C10H8ClNO/c33-26-14-13-23(24-8-5-15-31-29(24)26)28-21-7-2-1-6-18(21)16-20-17-19(11-12-22(20)28)30-32-25-9-3-4-10-27(25)34-30;1-7-4-5-8-3-2-6-12-9(8)10(7)13-11/h1-17,33H;2-6H,1H3. The van der Waals surface area contributed by atoms with Crippen LogP contribution in [0, 0.1) is 6.92 Å². The summed E-state index contributed by atoms with van der Waals surface area (Å²) in [5.74, 6) is 1.43. The van der Waals surface area contributed by atoms with E-state index in [1.807, 2.05) is 73.7 Å². The molecule has 0 aliphatic rings. The van der Waals surface area contributed by atoms with Crippen LogP contribution >= 0.6 is 11.9 Å². The van der Waals surface area contributed by atoms with E-state index in [0.29, 0.717) is 17.2 Å². The SMILES string of the molecule is Cc1ccc2cccnc2c1OCl.Oc1ccc(-c2c3ccccc3cc3cc(-c4nc5ccccc5o4)ccc23)c2cccnc12. The first-order chi connectivity index (χ1) is 23.1. The van der Waals surface area contributed by atoms with Crippen molar-refractivity contribution in [3.8, 4) is 34.1 Å². The molecule has 0 spiro atoms. The maximum absolute atomic E-state index is 10.4. The number of aryl methyl sites for hydroxylation is 1. The van der Waals surface area contributed by atoms with E-state index < -0.39 is 0 Å². The Morgan fingerprint density at radius 2 is 1.40 bits per heavy atom. The second-order valence-electron chi connectivity index (χ2n) is 11.3. The number of pyridine rings is 2. The summed E-state index contributed by atoms with van der Waals surface area (Å²) in [6, 6.07) is 40.2. The highest BCUT2D eigenvalue weighted by atomic mass is 35.5. The van der Waals surface area contributed by atoms with E-state index in [9.17, 15) is 5.11 Å². The summed E-state index contributed by atoms with van der Waals surface area (Å²) in [5.41, 5.74) is 7.11. The predicted molar refractivity (Wildman–Crippen MR) is 190 cm³/mol. The lowest BCUT2D eigenvalue weighted by atomic mass is 9.89. The molecule has 9 aromatic rings. The Labute approximate surface area is 274 Å². The summed E-state index contributed by atoms with van der Waals surface area (Å²) in [4.78, 5) is 13.3. The van der Waals surface area contributed by atoms with Gasteiger partial charge in [0.15, 0.2) is 11.3 Å². The molecule has 0 fully saturated rings. The largest absolute Gasteiger partial charge is 0.506 e. The maximum atomic E-state index is 10.4. The summed E-state index contributed by atoms with van der Waals surface area (Å²) in [6.45, 7) is 1.94. The number of nitrogens with zero attached hydrogens (tertiary/aromatic N) is 3. The van der Waals surface area contributed by atoms with Gasteiger partial charge in [-0.15, -0.1) is 0 Å². The van der Waals surface area contributed by atoms with Crippen LogP contribution in [-0.4, -0.2) is 20.1 Å². The van der Waals surface area contributed by atoms with Gasteiger partial charge in [-0.1, -0.05) is 66.7 Å². The summed E-state index contributed by atoms with van der Waals surface area (Å²) in [7, 11) is 0. The van der Waals surface area contributed by atoms with Crippen molar-refractivity contribution < 1.29 is 13.8 Å². The third-order valence-electron chi connectivity index (χ3n) is 8.42. The lowest BCUT2D eigenvalue weighted by Gasteiger charge is -2.15. The normalized spacial score (nSPS) is 11.3. The molecule has 1 N–H and O–H groups in total. The molecule has 0 aliphatic heterocycles. The van der Waals surface area contributed by atoms with Crippen LogP contribution in [0.1, 0.15) is 5.56 Å². The van der Waals surface area contributed by atoms with Crippen molar-refractivity contribution in [1.82, 2.24) is 15.0 Å². The Morgan fingerprint density at radius 3 is 2.28 bits per heavy atom. The highest BCUT2D eigenvalue weighted by molar-refractivity contribution is 6.17. The van der Waals surface area contributed by atoms with Crippen molar-refractivity contribution in [2.24, 2.45) is 0 Å². The molecule has 0 atom stereocenters. The van der Waals surface area contributed by atoms with Gasteiger partial charge in [0.25, 0.3) is 0 Å². The zero-order valence-corrected chi connectivity index (χ0v) is 25.9. The molecule has 0 bridgehead atoms. The zero-order chi connectivity index (χ0) is 31.9. The topological polar surface area (TPSA) is 81.3 Å². The number of hydrogen-bond acceptors (Lipinski definition) is 6.